The first kappa shape index (κ1) is 19.0. The minimum atomic E-state index is -0.911. The van der Waals surface area contributed by atoms with Gasteiger partial charge >= 0.3 is 6.09 Å². The van der Waals surface area contributed by atoms with Crippen molar-refractivity contribution >= 4 is 23.6 Å². The first-order chi connectivity index (χ1) is 11.1. The van der Waals surface area contributed by atoms with Crippen molar-refractivity contribution in [3.8, 4) is 12.3 Å². The van der Waals surface area contributed by atoms with Gasteiger partial charge in [0.1, 0.15) is 11.6 Å². The van der Waals surface area contributed by atoms with Gasteiger partial charge in [0, 0.05) is 12.1 Å². The molecule has 1 rings (SSSR count). The Morgan fingerprint density at radius 3 is 2.29 bits per heavy atom. The molecular formula is C17H21N3O4. The molecule has 4 N–H and O–H groups in total. The molecule has 0 saturated carbocycles. The minimum Gasteiger partial charge on any atom is -0.444 e. The molecule has 1 aromatic carbocycles. The van der Waals surface area contributed by atoms with E-state index < -0.39 is 29.6 Å². The maximum Gasteiger partial charge on any atom is 0.408 e. The molecule has 7 nitrogen and oxygen atoms in total. The third-order valence-electron chi connectivity index (χ3n) is 2.82. The van der Waals surface area contributed by atoms with Gasteiger partial charge in [-0.15, -0.1) is 6.42 Å². The molecule has 0 aliphatic carbocycles. The van der Waals surface area contributed by atoms with Crippen LogP contribution in [0, 0.1) is 12.3 Å². The van der Waals surface area contributed by atoms with Gasteiger partial charge in [0.05, 0.1) is 0 Å². The lowest BCUT2D eigenvalue weighted by atomic mass is 10.1. The second-order valence-electron chi connectivity index (χ2n) is 6.10. The third-order valence-corrected chi connectivity index (χ3v) is 2.82. The van der Waals surface area contributed by atoms with Crippen molar-refractivity contribution in [3.05, 3.63) is 29.8 Å². The molecule has 0 unspecified atom stereocenters. The molecule has 1 atom stereocenters. The minimum absolute atomic E-state index is 0.192. The number of terminal acetylenes is 1. The number of carbonyl (C=O) groups is 3. The van der Waals surface area contributed by atoms with Crippen LogP contribution in [0.15, 0.2) is 24.3 Å². The Labute approximate surface area is 140 Å². The molecule has 0 aliphatic heterocycles. The topological polar surface area (TPSA) is 111 Å². The highest BCUT2D eigenvalue weighted by molar-refractivity contribution is 6.03. The van der Waals surface area contributed by atoms with Crippen LogP contribution in [0.25, 0.3) is 0 Å². The van der Waals surface area contributed by atoms with Gasteiger partial charge < -0.3 is 21.1 Å². The van der Waals surface area contributed by atoms with Crippen LogP contribution in [0.4, 0.5) is 10.5 Å². The summed E-state index contributed by atoms with van der Waals surface area (Å²) < 4.78 is 5.11. The molecule has 0 aromatic heterocycles. The zero-order chi connectivity index (χ0) is 18.3. The molecule has 0 bridgehead atoms. The number of carbonyl (C=O) groups excluding carboxylic acids is 3. The van der Waals surface area contributed by atoms with Gasteiger partial charge in [0.25, 0.3) is 5.91 Å². The Hall–Kier alpha value is -3.01. The molecule has 0 fully saturated rings. The fraction of sp³-hybridized carbons (Fsp3) is 0.353. The predicted octanol–water partition coefficient (Wildman–Crippen LogP) is 1.18. The van der Waals surface area contributed by atoms with Gasteiger partial charge in [-0.25, -0.2) is 4.79 Å². The fourth-order valence-corrected chi connectivity index (χ4v) is 1.80. The van der Waals surface area contributed by atoms with Crippen molar-refractivity contribution in [2.24, 2.45) is 5.73 Å². The van der Waals surface area contributed by atoms with Crippen LogP contribution < -0.4 is 16.4 Å². The number of benzene rings is 1. The van der Waals surface area contributed by atoms with Crippen molar-refractivity contribution in [1.82, 2.24) is 5.32 Å². The number of alkyl carbamates (subject to hydrolysis) is 1. The first-order valence-corrected chi connectivity index (χ1v) is 7.26. The highest BCUT2D eigenvalue weighted by Crippen LogP contribution is 2.12. The molecule has 1 aromatic rings. The van der Waals surface area contributed by atoms with Gasteiger partial charge in [-0.3, -0.25) is 9.59 Å². The Bertz CT molecular complexity index is 654. The van der Waals surface area contributed by atoms with Gasteiger partial charge in [0.2, 0.25) is 5.91 Å². The number of primary amides is 1. The van der Waals surface area contributed by atoms with Crippen LogP contribution >= 0.6 is 0 Å². The van der Waals surface area contributed by atoms with Crippen molar-refractivity contribution in [2.45, 2.75) is 38.8 Å². The normalized spacial score (nSPS) is 11.8. The Kier molecular flexibility index (Phi) is 6.36. The summed E-state index contributed by atoms with van der Waals surface area (Å²) in [4.78, 5) is 34.4. The second kappa shape index (κ2) is 8.02. The monoisotopic (exact) mass is 331 g/mol. The van der Waals surface area contributed by atoms with E-state index in [0.717, 1.165) is 5.56 Å². The number of nitrogens with one attached hydrogen (secondary N) is 2. The molecule has 128 valence electrons. The lowest BCUT2D eigenvalue weighted by Gasteiger charge is -2.22. The van der Waals surface area contributed by atoms with Gasteiger partial charge in [-0.05, 0) is 44.4 Å². The summed E-state index contributed by atoms with van der Waals surface area (Å²) in [5, 5.41) is 4.94. The van der Waals surface area contributed by atoms with Crippen LogP contribution in [0.1, 0.15) is 26.3 Å². The molecule has 0 saturated heterocycles. The highest BCUT2D eigenvalue weighted by atomic mass is 16.6. The van der Waals surface area contributed by atoms with Crippen molar-refractivity contribution in [2.75, 3.05) is 5.32 Å². The third kappa shape index (κ3) is 6.83. The van der Waals surface area contributed by atoms with E-state index in [-0.39, 0.29) is 6.42 Å². The van der Waals surface area contributed by atoms with Crippen LogP contribution in [0.5, 0.6) is 0 Å². The number of anilines is 1. The van der Waals surface area contributed by atoms with Crippen LogP contribution in [0.2, 0.25) is 0 Å². The van der Waals surface area contributed by atoms with Gasteiger partial charge in [-0.2, -0.15) is 0 Å². The average molecular weight is 331 g/mol. The number of hydrogen-bond donors (Lipinski definition) is 3. The standard InChI is InChI=1S/C17H21N3O4/c1-5-14(21)19-12-8-6-11(7-9-12)10-13(15(18)22)20-16(23)24-17(2,3)4/h1,6-9,13H,10H2,2-4H3,(H2,18,22)(H,19,21)(H,20,23)/t13-/m0/s1. The predicted molar refractivity (Wildman–Crippen MR) is 90.0 cm³/mol. The molecule has 0 spiro atoms. The van der Waals surface area contributed by atoms with E-state index in [1.54, 1.807) is 45.0 Å². The van der Waals surface area contributed by atoms with Crippen LogP contribution in [0.3, 0.4) is 0 Å². The molecule has 24 heavy (non-hydrogen) atoms. The number of amides is 3. The molecule has 0 radical (unpaired) electrons. The average Bonchev–Trinajstić information content (AvgIpc) is 2.46. The van der Waals surface area contributed by atoms with Gasteiger partial charge in [0.15, 0.2) is 0 Å². The molecule has 0 aliphatic rings. The van der Waals surface area contributed by atoms with Crippen LogP contribution in [-0.2, 0) is 20.7 Å². The Morgan fingerprint density at radius 1 is 1.25 bits per heavy atom. The summed E-state index contributed by atoms with van der Waals surface area (Å²) in [5.74, 6) is 0.716. The largest absolute Gasteiger partial charge is 0.444 e. The lowest BCUT2D eigenvalue weighted by Crippen LogP contribution is -2.47. The fourth-order valence-electron chi connectivity index (χ4n) is 1.80. The summed E-state index contributed by atoms with van der Waals surface area (Å²) in [6.07, 6.45) is 4.45. The van der Waals surface area contributed by atoms with Crippen molar-refractivity contribution < 1.29 is 19.1 Å². The van der Waals surface area contributed by atoms with E-state index in [1.165, 1.54) is 0 Å². The Morgan fingerprint density at radius 2 is 1.83 bits per heavy atom. The smallest absolute Gasteiger partial charge is 0.408 e. The number of nitrogens with two attached hydrogens (primary N) is 1. The maximum atomic E-state index is 11.8. The highest BCUT2D eigenvalue weighted by Gasteiger charge is 2.22. The quantitative estimate of drug-likeness (QED) is 0.704. The zero-order valence-corrected chi connectivity index (χ0v) is 13.9. The lowest BCUT2D eigenvalue weighted by molar-refractivity contribution is -0.120. The molecule has 7 heteroatoms. The number of rotatable bonds is 5. The summed E-state index contributed by atoms with van der Waals surface area (Å²) in [6, 6.07) is 5.75. The first-order valence-electron chi connectivity index (χ1n) is 7.26. The number of hydrogen-bond acceptors (Lipinski definition) is 4. The molecule has 0 heterocycles. The summed E-state index contributed by atoms with van der Waals surface area (Å²) in [6.45, 7) is 5.15. The molecular weight excluding hydrogens is 310 g/mol. The zero-order valence-electron chi connectivity index (χ0n) is 13.9. The SMILES string of the molecule is C#CC(=O)Nc1ccc(C[C@H](NC(=O)OC(C)(C)C)C(N)=O)cc1. The van der Waals surface area contributed by atoms with E-state index in [9.17, 15) is 14.4 Å². The van der Waals surface area contributed by atoms with Crippen LogP contribution in [-0.4, -0.2) is 29.6 Å². The van der Waals surface area contributed by atoms with Gasteiger partial charge in [-0.1, -0.05) is 12.1 Å². The van der Waals surface area contributed by atoms with E-state index in [0.29, 0.717) is 5.69 Å². The van der Waals surface area contributed by atoms with Crippen molar-refractivity contribution in [1.29, 1.82) is 0 Å². The van der Waals surface area contributed by atoms with E-state index in [1.807, 2.05) is 5.92 Å². The molecule has 3 amide bonds. The second-order valence-corrected chi connectivity index (χ2v) is 6.10. The van der Waals surface area contributed by atoms with E-state index in [4.69, 9.17) is 16.9 Å². The summed E-state index contributed by atoms with van der Waals surface area (Å²) >= 11 is 0. The number of ether oxygens (including phenoxy) is 1. The maximum absolute atomic E-state index is 11.8. The van der Waals surface area contributed by atoms with E-state index in [2.05, 4.69) is 10.6 Å². The van der Waals surface area contributed by atoms with E-state index >= 15 is 0 Å². The summed E-state index contributed by atoms with van der Waals surface area (Å²) in [5.41, 5.74) is 5.91. The van der Waals surface area contributed by atoms with Crippen molar-refractivity contribution in [3.63, 3.8) is 0 Å². The summed E-state index contributed by atoms with van der Waals surface area (Å²) in [7, 11) is 0. The Balaban J connectivity index is 2.72.